The van der Waals surface area contributed by atoms with Crippen molar-refractivity contribution in [1.82, 2.24) is 4.98 Å². The number of rotatable bonds is 4. The van der Waals surface area contributed by atoms with Gasteiger partial charge < -0.3 is 9.72 Å². The number of aryl methyl sites for hydroxylation is 2. The lowest BCUT2D eigenvalue weighted by Crippen LogP contribution is -2.03. The van der Waals surface area contributed by atoms with Crippen molar-refractivity contribution in [3.63, 3.8) is 0 Å². The summed E-state index contributed by atoms with van der Waals surface area (Å²) >= 11 is 0. The van der Waals surface area contributed by atoms with Crippen molar-refractivity contribution in [3.8, 4) is 0 Å². The largest absolute Gasteiger partial charge is 0.458 e. The lowest BCUT2D eigenvalue weighted by molar-refractivity contribution is 0.344. The van der Waals surface area contributed by atoms with Gasteiger partial charge in [0.2, 0.25) is 0 Å². The molecule has 0 aliphatic carbocycles. The lowest BCUT2D eigenvalue weighted by atomic mass is 9.92. The number of hydrogen-bond donors (Lipinski definition) is 1. The molecular weight excluding hydrogens is 673 g/mol. The maximum Gasteiger partial charge on any atom is 0.156 e. The van der Waals surface area contributed by atoms with Gasteiger partial charge in [-0.25, -0.2) is 9.98 Å². The normalized spacial score (nSPS) is 18.6. The first-order chi connectivity index (χ1) is 27.1. The first-order valence-corrected chi connectivity index (χ1v) is 18.6. The Balaban J connectivity index is 1.32. The van der Waals surface area contributed by atoms with Gasteiger partial charge in [0.05, 0.1) is 22.8 Å². The van der Waals surface area contributed by atoms with E-state index in [9.17, 15) is 0 Å². The van der Waals surface area contributed by atoms with Crippen LogP contribution in [0.5, 0.6) is 0 Å². The van der Waals surface area contributed by atoms with Gasteiger partial charge in [0.1, 0.15) is 11.5 Å². The summed E-state index contributed by atoms with van der Waals surface area (Å²) in [6.07, 6.45) is 14.9. The van der Waals surface area contributed by atoms with Gasteiger partial charge in [-0.2, -0.15) is 0 Å². The molecule has 5 heteroatoms. The molecule has 5 aliphatic heterocycles. The van der Waals surface area contributed by atoms with Crippen LogP contribution in [-0.4, -0.2) is 22.6 Å². The average Bonchev–Trinajstić information content (AvgIpc) is 4.07. The molecule has 55 heavy (non-hydrogen) atoms. The summed E-state index contributed by atoms with van der Waals surface area (Å²) in [5, 5.41) is 0. The maximum atomic E-state index is 7.07. The Morgan fingerprint density at radius 2 is 1.02 bits per heavy atom. The SMILES string of the molecule is Cc1ccc(C2=C3C=CC(=N3)C(c3ccccc3)=C3CC(=C(c4ccccc4)c4ccc([nH]4)C(c4ccc(C)cc4)=C4C=CC2=N4)C(=C2C=CC=N2)O3)cc1. The number of hydrogen-bond acceptors (Lipinski definition) is 4. The number of H-pyrrole nitrogens is 1. The fraction of sp³-hybridized carbons (Fsp3) is 0.0600. The third kappa shape index (κ3) is 5.87. The average molecular weight is 709 g/mol. The van der Waals surface area contributed by atoms with Crippen LogP contribution in [0.1, 0.15) is 51.2 Å². The van der Waals surface area contributed by atoms with Gasteiger partial charge in [-0.3, -0.25) is 4.99 Å². The smallest absolute Gasteiger partial charge is 0.156 e. The number of aromatic amines is 1. The van der Waals surface area contributed by atoms with Crippen LogP contribution in [0.15, 0.2) is 207 Å². The van der Waals surface area contributed by atoms with E-state index in [4.69, 9.17) is 19.7 Å². The van der Waals surface area contributed by atoms with Gasteiger partial charge in [-0.15, -0.1) is 0 Å². The number of aliphatic imine (C=N–C) groups is 3. The number of aromatic nitrogens is 1. The summed E-state index contributed by atoms with van der Waals surface area (Å²) in [4.78, 5) is 19.5. The molecule has 0 amide bonds. The number of fused-ring (bicyclic) bond motifs is 6. The standard InChI is InChI=1S/C50H36N4O/c1-31-15-19-35(20-16-31)47-39-24-23-38(52-39)46(33-10-5-3-6-11-33)37-30-45(55-50(37)44-14-9-29-51-44)49(34-12-7-4-8-13-34)43-28-27-42(54-43)48(41-26-25-40(47)53-41)36-21-17-32(2)18-22-36/h3-29,52H,30H2,1-2H3. The molecule has 0 unspecified atom stereocenters. The van der Waals surface area contributed by atoms with E-state index in [1.54, 1.807) is 0 Å². The summed E-state index contributed by atoms with van der Waals surface area (Å²) in [7, 11) is 0. The Morgan fingerprint density at radius 1 is 0.491 bits per heavy atom. The van der Waals surface area contributed by atoms with Crippen molar-refractivity contribution in [2.24, 2.45) is 15.0 Å². The first-order valence-electron chi connectivity index (χ1n) is 18.6. The lowest BCUT2D eigenvalue weighted by Gasteiger charge is -2.13. The summed E-state index contributed by atoms with van der Waals surface area (Å²) in [6, 6.07) is 42.7. The molecule has 1 N–H and O–H groups in total. The van der Waals surface area contributed by atoms with Crippen LogP contribution in [-0.2, 0) is 4.74 Å². The minimum Gasteiger partial charge on any atom is -0.458 e. The Bertz CT molecular complexity index is 2740. The van der Waals surface area contributed by atoms with Crippen LogP contribution in [0.3, 0.4) is 0 Å². The van der Waals surface area contributed by atoms with Gasteiger partial charge in [0, 0.05) is 51.9 Å². The third-order valence-electron chi connectivity index (χ3n) is 10.5. The Kier molecular flexibility index (Phi) is 7.92. The number of ether oxygens (including phenoxy) is 1. The minimum atomic E-state index is 0.544. The highest BCUT2D eigenvalue weighted by atomic mass is 16.5. The number of benzene rings is 4. The van der Waals surface area contributed by atoms with E-state index in [0.717, 1.165) is 102 Å². The second-order valence-corrected chi connectivity index (χ2v) is 14.2. The Labute approximate surface area is 320 Å². The molecule has 1 aromatic heterocycles. The van der Waals surface area contributed by atoms with Crippen molar-refractivity contribution >= 4 is 39.9 Å². The predicted octanol–water partition coefficient (Wildman–Crippen LogP) is 11.3. The van der Waals surface area contributed by atoms with E-state index >= 15 is 0 Å². The molecule has 1 fully saturated rings. The second kappa shape index (κ2) is 13.4. The second-order valence-electron chi connectivity index (χ2n) is 14.2. The van der Waals surface area contributed by atoms with Crippen LogP contribution in [0, 0.1) is 13.8 Å². The Hall–Kier alpha value is -7.11. The number of nitrogens with zero attached hydrogens (tertiary/aromatic N) is 3. The van der Waals surface area contributed by atoms with Crippen LogP contribution < -0.4 is 0 Å². The van der Waals surface area contributed by atoms with Crippen molar-refractivity contribution < 1.29 is 4.74 Å². The number of allylic oxidation sites excluding steroid dienone is 10. The molecule has 0 spiro atoms. The van der Waals surface area contributed by atoms with E-state index in [1.807, 2.05) is 24.4 Å². The molecule has 0 saturated carbocycles. The zero-order valence-corrected chi connectivity index (χ0v) is 30.5. The molecule has 5 aliphatic rings. The zero-order chi connectivity index (χ0) is 36.9. The van der Waals surface area contributed by atoms with E-state index < -0.39 is 0 Å². The quantitative estimate of drug-likeness (QED) is 0.198. The highest BCUT2D eigenvalue weighted by molar-refractivity contribution is 6.35. The topological polar surface area (TPSA) is 62.1 Å². The summed E-state index contributed by atoms with van der Waals surface area (Å²) < 4.78 is 7.07. The van der Waals surface area contributed by atoms with Crippen molar-refractivity contribution in [3.05, 3.63) is 237 Å². The zero-order valence-electron chi connectivity index (χ0n) is 30.5. The van der Waals surface area contributed by atoms with Gasteiger partial charge in [-0.05, 0) is 84.7 Å². The highest BCUT2D eigenvalue weighted by Crippen LogP contribution is 2.46. The van der Waals surface area contributed by atoms with Gasteiger partial charge >= 0.3 is 0 Å². The molecule has 6 heterocycles. The summed E-state index contributed by atoms with van der Waals surface area (Å²) in [6.45, 7) is 4.23. The van der Waals surface area contributed by atoms with Gasteiger partial charge in [-0.1, -0.05) is 120 Å². The van der Waals surface area contributed by atoms with E-state index in [-0.39, 0.29) is 0 Å². The first kappa shape index (κ1) is 32.5. The van der Waals surface area contributed by atoms with Gasteiger partial charge in [0.15, 0.2) is 5.76 Å². The van der Waals surface area contributed by atoms with Crippen LogP contribution in [0.4, 0.5) is 0 Å². The van der Waals surface area contributed by atoms with Crippen molar-refractivity contribution in [2.75, 3.05) is 0 Å². The molecule has 1 saturated heterocycles. The van der Waals surface area contributed by atoms with Crippen molar-refractivity contribution in [2.45, 2.75) is 20.3 Å². The van der Waals surface area contributed by atoms with Crippen LogP contribution in [0.25, 0.3) is 22.3 Å². The molecule has 8 bridgehead atoms. The highest BCUT2D eigenvalue weighted by Gasteiger charge is 2.34. The number of nitrogens with one attached hydrogen (secondary N) is 1. The molecule has 0 radical (unpaired) electrons. The minimum absolute atomic E-state index is 0.544. The fourth-order valence-corrected chi connectivity index (χ4v) is 7.88. The Morgan fingerprint density at radius 3 is 1.62 bits per heavy atom. The summed E-state index contributed by atoms with van der Waals surface area (Å²) in [5.41, 5.74) is 17.9. The third-order valence-corrected chi connectivity index (χ3v) is 10.5. The summed E-state index contributed by atoms with van der Waals surface area (Å²) in [5.74, 6) is 1.57. The van der Waals surface area contributed by atoms with Crippen molar-refractivity contribution in [1.29, 1.82) is 0 Å². The molecule has 5 aromatic rings. The van der Waals surface area contributed by atoms with E-state index in [2.05, 4.69) is 158 Å². The molecule has 5 nitrogen and oxygen atoms in total. The molecule has 4 aromatic carbocycles. The van der Waals surface area contributed by atoms with E-state index in [1.165, 1.54) is 11.1 Å². The fourth-order valence-electron chi connectivity index (χ4n) is 7.88. The predicted molar refractivity (Wildman–Crippen MR) is 225 cm³/mol. The van der Waals surface area contributed by atoms with Gasteiger partial charge in [0.25, 0.3) is 0 Å². The molecule has 10 rings (SSSR count). The molecule has 262 valence electrons. The van der Waals surface area contributed by atoms with E-state index in [0.29, 0.717) is 6.42 Å². The van der Waals surface area contributed by atoms with Crippen LogP contribution >= 0.6 is 0 Å². The molecular formula is C50H36N4O. The maximum absolute atomic E-state index is 7.07. The molecule has 0 atom stereocenters. The van der Waals surface area contributed by atoms with Crippen LogP contribution in [0.2, 0.25) is 0 Å². The monoisotopic (exact) mass is 708 g/mol.